The second-order valence-electron chi connectivity index (χ2n) is 5.03. The largest absolute Gasteiger partial charge is 0.370 e. The lowest BCUT2D eigenvalue weighted by atomic mass is 10.2. The summed E-state index contributed by atoms with van der Waals surface area (Å²) in [5, 5.41) is 3.51. The van der Waals surface area contributed by atoms with Gasteiger partial charge in [-0.3, -0.25) is 0 Å². The van der Waals surface area contributed by atoms with Gasteiger partial charge in [0.2, 0.25) is 0 Å². The van der Waals surface area contributed by atoms with Crippen molar-refractivity contribution in [2.24, 2.45) is 0 Å². The highest BCUT2D eigenvalue weighted by Crippen LogP contribution is 2.18. The number of benzene rings is 2. The summed E-state index contributed by atoms with van der Waals surface area (Å²) < 4.78 is 0. The van der Waals surface area contributed by atoms with E-state index in [1.54, 1.807) is 0 Å². The van der Waals surface area contributed by atoms with Crippen molar-refractivity contribution in [1.29, 1.82) is 0 Å². The van der Waals surface area contributed by atoms with Gasteiger partial charge < -0.3 is 10.2 Å². The van der Waals surface area contributed by atoms with Gasteiger partial charge in [-0.15, -0.1) is 0 Å². The molecule has 0 heterocycles. The summed E-state index contributed by atoms with van der Waals surface area (Å²) in [7, 11) is 0. The molecule has 0 bridgehead atoms. The SMILES string of the molecule is CCN(CCNCc1ccccc1)c1ccccc1C. The second-order valence-corrected chi connectivity index (χ2v) is 5.03. The molecule has 2 aromatic carbocycles. The molecule has 0 saturated carbocycles. The van der Waals surface area contributed by atoms with Gasteiger partial charge in [0, 0.05) is 31.9 Å². The first-order valence-electron chi connectivity index (χ1n) is 7.36. The molecule has 20 heavy (non-hydrogen) atoms. The van der Waals surface area contributed by atoms with Gasteiger partial charge in [0.25, 0.3) is 0 Å². The Labute approximate surface area is 122 Å². The van der Waals surface area contributed by atoms with Gasteiger partial charge in [0.1, 0.15) is 0 Å². The maximum Gasteiger partial charge on any atom is 0.0396 e. The van der Waals surface area contributed by atoms with E-state index in [0.29, 0.717) is 0 Å². The molecule has 1 N–H and O–H groups in total. The van der Waals surface area contributed by atoms with Crippen molar-refractivity contribution < 1.29 is 0 Å². The summed E-state index contributed by atoms with van der Waals surface area (Å²) in [6.07, 6.45) is 0. The molecule has 0 aliphatic carbocycles. The Morgan fingerprint density at radius 3 is 2.35 bits per heavy atom. The minimum atomic E-state index is 0.937. The van der Waals surface area contributed by atoms with Crippen LogP contribution >= 0.6 is 0 Å². The standard InChI is InChI=1S/C18H24N2/c1-3-20(18-12-8-7-9-16(18)2)14-13-19-15-17-10-5-4-6-11-17/h4-12,19H,3,13-15H2,1-2H3. The molecular formula is C18H24N2. The number of anilines is 1. The molecular weight excluding hydrogens is 244 g/mol. The number of hydrogen-bond acceptors (Lipinski definition) is 2. The van der Waals surface area contributed by atoms with Gasteiger partial charge >= 0.3 is 0 Å². The van der Waals surface area contributed by atoms with Crippen LogP contribution in [0, 0.1) is 6.92 Å². The van der Waals surface area contributed by atoms with Crippen LogP contribution in [-0.2, 0) is 6.54 Å². The third kappa shape index (κ3) is 4.10. The van der Waals surface area contributed by atoms with E-state index in [1.807, 2.05) is 0 Å². The quantitative estimate of drug-likeness (QED) is 0.772. The molecule has 0 saturated heterocycles. The Hall–Kier alpha value is -1.80. The van der Waals surface area contributed by atoms with Crippen molar-refractivity contribution in [3.63, 3.8) is 0 Å². The van der Waals surface area contributed by atoms with Crippen LogP contribution in [0.1, 0.15) is 18.1 Å². The zero-order valence-electron chi connectivity index (χ0n) is 12.5. The van der Waals surface area contributed by atoms with E-state index in [-0.39, 0.29) is 0 Å². The molecule has 2 rings (SSSR count). The number of hydrogen-bond donors (Lipinski definition) is 1. The Balaban J connectivity index is 1.81. The topological polar surface area (TPSA) is 15.3 Å². The lowest BCUT2D eigenvalue weighted by molar-refractivity contribution is 0.665. The molecule has 2 nitrogen and oxygen atoms in total. The highest BCUT2D eigenvalue weighted by Gasteiger charge is 2.05. The monoisotopic (exact) mass is 268 g/mol. The highest BCUT2D eigenvalue weighted by atomic mass is 15.1. The minimum absolute atomic E-state index is 0.937. The lowest BCUT2D eigenvalue weighted by Gasteiger charge is -2.25. The smallest absolute Gasteiger partial charge is 0.0396 e. The third-order valence-corrected chi connectivity index (χ3v) is 3.57. The van der Waals surface area contributed by atoms with Crippen LogP contribution in [0.5, 0.6) is 0 Å². The molecule has 2 aromatic rings. The molecule has 0 atom stereocenters. The average Bonchev–Trinajstić information content (AvgIpc) is 2.50. The maximum absolute atomic E-state index is 3.51. The van der Waals surface area contributed by atoms with Gasteiger partial charge in [0.05, 0.1) is 0 Å². The Bertz CT molecular complexity index is 508. The van der Waals surface area contributed by atoms with Crippen LogP contribution in [0.15, 0.2) is 54.6 Å². The summed E-state index contributed by atoms with van der Waals surface area (Å²) in [6, 6.07) is 19.1. The molecule has 0 spiro atoms. The average molecular weight is 268 g/mol. The number of nitrogens with one attached hydrogen (secondary N) is 1. The van der Waals surface area contributed by atoms with E-state index in [2.05, 4.69) is 78.7 Å². The van der Waals surface area contributed by atoms with Crippen molar-refractivity contribution in [2.45, 2.75) is 20.4 Å². The first kappa shape index (κ1) is 14.6. The molecule has 2 heteroatoms. The van der Waals surface area contributed by atoms with Crippen LogP contribution in [-0.4, -0.2) is 19.6 Å². The van der Waals surface area contributed by atoms with Gasteiger partial charge in [0.15, 0.2) is 0 Å². The summed E-state index contributed by atoms with van der Waals surface area (Å²) in [5.41, 5.74) is 4.03. The van der Waals surface area contributed by atoms with Crippen LogP contribution in [0.3, 0.4) is 0 Å². The first-order valence-corrected chi connectivity index (χ1v) is 7.36. The van der Waals surface area contributed by atoms with E-state index in [4.69, 9.17) is 0 Å². The minimum Gasteiger partial charge on any atom is -0.370 e. The first-order chi connectivity index (χ1) is 9.81. The van der Waals surface area contributed by atoms with Crippen LogP contribution < -0.4 is 10.2 Å². The summed E-state index contributed by atoms with van der Waals surface area (Å²) in [5.74, 6) is 0. The zero-order chi connectivity index (χ0) is 14.2. The van der Waals surface area contributed by atoms with Crippen molar-refractivity contribution in [2.75, 3.05) is 24.5 Å². The summed E-state index contributed by atoms with van der Waals surface area (Å²) in [4.78, 5) is 2.42. The fourth-order valence-corrected chi connectivity index (χ4v) is 2.41. The van der Waals surface area contributed by atoms with Crippen LogP contribution in [0.2, 0.25) is 0 Å². The molecule has 0 aliphatic rings. The van der Waals surface area contributed by atoms with Crippen molar-refractivity contribution in [3.05, 3.63) is 65.7 Å². The number of aryl methyl sites for hydroxylation is 1. The molecule has 106 valence electrons. The van der Waals surface area contributed by atoms with Crippen LogP contribution in [0.25, 0.3) is 0 Å². The molecule has 0 aromatic heterocycles. The molecule has 0 unspecified atom stereocenters. The molecule has 0 fully saturated rings. The van der Waals surface area contributed by atoms with E-state index >= 15 is 0 Å². The van der Waals surface area contributed by atoms with E-state index in [1.165, 1.54) is 16.8 Å². The maximum atomic E-state index is 3.51. The van der Waals surface area contributed by atoms with E-state index < -0.39 is 0 Å². The van der Waals surface area contributed by atoms with Gasteiger partial charge in [-0.25, -0.2) is 0 Å². The van der Waals surface area contributed by atoms with Crippen LogP contribution in [0.4, 0.5) is 5.69 Å². The summed E-state index contributed by atoms with van der Waals surface area (Å²) >= 11 is 0. The van der Waals surface area contributed by atoms with Gasteiger partial charge in [-0.1, -0.05) is 48.5 Å². The van der Waals surface area contributed by atoms with Crippen molar-refractivity contribution >= 4 is 5.69 Å². The number of rotatable bonds is 7. The van der Waals surface area contributed by atoms with Gasteiger partial charge in [-0.2, -0.15) is 0 Å². The molecule has 0 amide bonds. The van der Waals surface area contributed by atoms with E-state index in [0.717, 1.165) is 26.2 Å². The van der Waals surface area contributed by atoms with Gasteiger partial charge in [-0.05, 0) is 31.0 Å². The second kappa shape index (κ2) is 7.71. The molecule has 0 radical (unpaired) electrons. The fraction of sp³-hybridized carbons (Fsp3) is 0.333. The predicted molar refractivity (Wildman–Crippen MR) is 87.2 cm³/mol. The van der Waals surface area contributed by atoms with E-state index in [9.17, 15) is 0 Å². The lowest BCUT2D eigenvalue weighted by Crippen LogP contribution is -2.32. The summed E-state index contributed by atoms with van der Waals surface area (Å²) in [6.45, 7) is 8.40. The molecule has 0 aliphatic heterocycles. The number of likely N-dealkylation sites (N-methyl/N-ethyl adjacent to an activating group) is 1. The third-order valence-electron chi connectivity index (χ3n) is 3.57. The number of para-hydroxylation sites is 1. The predicted octanol–water partition coefficient (Wildman–Crippen LogP) is 3.61. The Kier molecular flexibility index (Phi) is 5.63. The number of nitrogens with zero attached hydrogens (tertiary/aromatic N) is 1. The van der Waals surface area contributed by atoms with Crippen molar-refractivity contribution in [3.8, 4) is 0 Å². The highest BCUT2D eigenvalue weighted by molar-refractivity contribution is 5.52. The zero-order valence-corrected chi connectivity index (χ0v) is 12.5. The normalized spacial score (nSPS) is 10.5. The fourth-order valence-electron chi connectivity index (χ4n) is 2.41. The van der Waals surface area contributed by atoms with Crippen molar-refractivity contribution in [1.82, 2.24) is 5.32 Å². The Morgan fingerprint density at radius 2 is 1.65 bits per heavy atom. The Morgan fingerprint density at radius 1 is 0.950 bits per heavy atom.